The van der Waals surface area contributed by atoms with Gasteiger partial charge in [0.05, 0.1) is 0 Å². The molecule has 1 aliphatic rings. The number of hydrogen-bond donors (Lipinski definition) is 1. The van der Waals surface area contributed by atoms with Crippen molar-refractivity contribution in [2.24, 2.45) is 5.73 Å². The summed E-state index contributed by atoms with van der Waals surface area (Å²) in [5.41, 5.74) is 6.30. The number of piperidine rings is 1. The molecule has 2 heteroatoms. The van der Waals surface area contributed by atoms with E-state index in [0.29, 0.717) is 11.1 Å². The van der Waals surface area contributed by atoms with Crippen molar-refractivity contribution in [1.82, 2.24) is 4.90 Å². The third-order valence-electron chi connectivity index (χ3n) is 4.12. The second kappa shape index (κ2) is 5.50. The fourth-order valence-corrected chi connectivity index (χ4v) is 3.24. The summed E-state index contributed by atoms with van der Waals surface area (Å²) in [5.74, 6) is 0. The fraction of sp³-hybridized carbons (Fsp3) is 1.00. The van der Waals surface area contributed by atoms with Crippen LogP contribution in [0.2, 0.25) is 0 Å². The molecule has 2 nitrogen and oxygen atoms in total. The Bertz CT molecular complexity index is 193. The maximum Gasteiger partial charge on any atom is 0.0158 e. The van der Waals surface area contributed by atoms with Crippen LogP contribution in [0.5, 0.6) is 0 Å². The topological polar surface area (TPSA) is 29.3 Å². The van der Waals surface area contributed by atoms with E-state index in [1.165, 1.54) is 45.1 Å². The highest BCUT2D eigenvalue weighted by molar-refractivity contribution is 4.96. The summed E-state index contributed by atoms with van der Waals surface area (Å²) in [4.78, 5) is 2.72. The minimum absolute atomic E-state index is 0.379. The molecule has 1 heterocycles. The number of unbranched alkanes of at least 4 members (excludes halogenated alkanes) is 2. The Morgan fingerprint density at radius 2 is 1.50 bits per heavy atom. The lowest BCUT2D eigenvalue weighted by Gasteiger charge is -2.53. The Balaban J connectivity index is 2.50. The largest absolute Gasteiger partial charge is 0.330 e. The lowest BCUT2D eigenvalue weighted by atomic mass is 9.79. The Morgan fingerprint density at radius 1 is 0.938 bits per heavy atom. The van der Waals surface area contributed by atoms with Gasteiger partial charge in [0.2, 0.25) is 0 Å². The molecule has 0 aromatic heterocycles. The Labute approximate surface area is 102 Å². The van der Waals surface area contributed by atoms with Gasteiger partial charge >= 0.3 is 0 Å². The van der Waals surface area contributed by atoms with Crippen molar-refractivity contribution >= 4 is 0 Å². The van der Waals surface area contributed by atoms with Crippen LogP contribution in [-0.2, 0) is 0 Å². The summed E-state index contributed by atoms with van der Waals surface area (Å²) < 4.78 is 0. The summed E-state index contributed by atoms with van der Waals surface area (Å²) in [6, 6.07) is 0. The molecule has 0 spiro atoms. The molecule has 16 heavy (non-hydrogen) atoms. The van der Waals surface area contributed by atoms with Gasteiger partial charge in [-0.1, -0.05) is 6.42 Å². The van der Waals surface area contributed by atoms with E-state index in [0.717, 1.165) is 6.54 Å². The van der Waals surface area contributed by atoms with Crippen molar-refractivity contribution in [3.63, 3.8) is 0 Å². The van der Waals surface area contributed by atoms with Crippen molar-refractivity contribution in [2.45, 2.75) is 77.3 Å². The molecule has 1 aliphatic heterocycles. The van der Waals surface area contributed by atoms with Gasteiger partial charge in [-0.05, 0) is 72.9 Å². The van der Waals surface area contributed by atoms with Crippen LogP contribution in [0.15, 0.2) is 0 Å². The van der Waals surface area contributed by atoms with Crippen LogP contribution in [-0.4, -0.2) is 29.1 Å². The predicted octanol–water partition coefficient (Wildman–Crippen LogP) is 3.16. The third kappa shape index (κ3) is 3.46. The van der Waals surface area contributed by atoms with Crippen molar-refractivity contribution in [3.8, 4) is 0 Å². The molecule has 0 aromatic carbocycles. The first-order chi connectivity index (χ1) is 7.40. The fourth-order valence-electron chi connectivity index (χ4n) is 3.24. The normalized spacial score (nSPS) is 24.6. The highest BCUT2D eigenvalue weighted by Gasteiger charge is 2.40. The molecule has 2 N–H and O–H groups in total. The first kappa shape index (κ1) is 14.0. The molecule has 0 aromatic rings. The molecule has 0 bridgehead atoms. The average molecular weight is 226 g/mol. The van der Waals surface area contributed by atoms with Gasteiger partial charge in [-0.3, -0.25) is 4.90 Å². The lowest BCUT2D eigenvalue weighted by molar-refractivity contribution is -0.0275. The highest BCUT2D eigenvalue weighted by Crippen LogP contribution is 2.38. The SMILES string of the molecule is CC1(C)CCCC(C)(C)N1CCCCCN. The van der Waals surface area contributed by atoms with E-state index in [2.05, 4.69) is 32.6 Å². The molecule has 96 valence electrons. The van der Waals surface area contributed by atoms with Gasteiger partial charge in [0.15, 0.2) is 0 Å². The Kier molecular flexibility index (Phi) is 4.81. The zero-order chi connectivity index (χ0) is 12.2. The second-order valence-corrected chi connectivity index (χ2v) is 6.48. The van der Waals surface area contributed by atoms with Gasteiger partial charge in [-0.15, -0.1) is 0 Å². The summed E-state index contributed by atoms with van der Waals surface area (Å²) in [7, 11) is 0. The van der Waals surface area contributed by atoms with E-state index < -0.39 is 0 Å². The minimum atomic E-state index is 0.379. The van der Waals surface area contributed by atoms with Crippen LogP contribution in [0.25, 0.3) is 0 Å². The molecular weight excluding hydrogens is 196 g/mol. The predicted molar refractivity (Wildman–Crippen MR) is 71.6 cm³/mol. The van der Waals surface area contributed by atoms with E-state index >= 15 is 0 Å². The van der Waals surface area contributed by atoms with Crippen molar-refractivity contribution in [3.05, 3.63) is 0 Å². The number of likely N-dealkylation sites (tertiary alicyclic amines) is 1. The number of hydrogen-bond acceptors (Lipinski definition) is 2. The molecule has 0 radical (unpaired) electrons. The zero-order valence-corrected chi connectivity index (χ0v) is 11.7. The van der Waals surface area contributed by atoms with Crippen LogP contribution >= 0.6 is 0 Å². The smallest absolute Gasteiger partial charge is 0.0158 e. The first-order valence-corrected chi connectivity index (χ1v) is 6.88. The summed E-state index contributed by atoms with van der Waals surface area (Å²) >= 11 is 0. The average Bonchev–Trinajstić information content (AvgIpc) is 2.14. The quantitative estimate of drug-likeness (QED) is 0.730. The summed E-state index contributed by atoms with van der Waals surface area (Å²) in [6.07, 6.45) is 7.80. The zero-order valence-electron chi connectivity index (χ0n) is 11.7. The maximum absolute atomic E-state index is 5.54. The van der Waals surface area contributed by atoms with Crippen molar-refractivity contribution < 1.29 is 0 Å². The number of nitrogens with two attached hydrogens (primary N) is 1. The van der Waals surface area contributed by atoms with Gasteiger partial charge < -0.3 is 5.73 Å². The van der Waals surface area contributed by atoms with Crippen LogP contribution in [0, 0.1) is 0 Å². The second-order valence-electron chi connectivity index (χ2n) is 6.48. The van der Waals surface area contributed by atoms with E-state index in [4.69, 9.17) is 5.73 Å². The van der Waals surface area contributed by atoms with Gasteiger partial charge in [0, 0.05) is 11.1 Å². The minimum Gasteiger partial charge on any atom is -0.330 e. The molecule has 1 saturated heterocycles. The maximum atomic E-state index is 5.54. The van der Waals surface area contributed by atoms with E-state index in [1.54, 1.807) is 0 Å². The van der Waals surface area contributed by atoms with Crippen LogP contribution in [0.4, 0.5) is 0 Å². The molecule has 1 rings (SSSR count). The van der Waals surface area contributed by atoms with Crippen molar-refractivity contribution in [2.75, 3.05) is 13.1 Å². The van der Waals surface area contributed by atoms with Crippen LogP contribution in [0.3, 0.4) is 0 Å². The van der Waals surface area contributed by atoms with Gasteiger partial charge in [0.25, 0.3) is 0 Å². The summed E-state index contributed by atoms with van der Waals surface area (Å²) in [5, 5.41) is 0. The van der Waals surface area contributed by atoms with Crippen LogP contribution in [0.1, 0.15) is 66.2 Å². The molecule has 0 unspecified atom stereocenters. The number of nitrogens with zero attached hydrogens (tertiary/aromatic N) is 1. The molecule has 1 fully saturated rings. The lowest BCUT2D eigenvalue weighted by Crippen LogP contribution is -2.58. The van der Waals surface area contributed by atoms with Crippen LogP contribution < -0.4 is 5.73 Å². The molecule has 0 atom stereocenters. The molecule has 0 saturated carbocycles. The Hall–Kier alpha value is -0.0800. The number of rotatable bonds is 5. The van der Waals surface area contributed by atoms with E-state index in [9.17, 15) is 0 Å². The van der Waals surface area contributed by atoms with Crippen molar-refractivity contribution in [1.29, 1.82) is 0 Å². The molecule has 0 amide bonds. The monoisotopic (exact) mass is 226 g/mol. The van der Waals surface area contributed by atoms with Gasteiger partial charge in [-0.25, -0.2) is 0 Å². The first-order valence-electron chi connectivity index (χ1n) is 6.88. The third-order valence-corrected chi connectivity index (χ3v) is 4.12. The van der Waals surface area contributed by atoms with E-state index in [-0.39, 0.29) is 0 Å². The Morgan fingerprint density at radius 3 is 2.00 bits per heavy atom. The highest BCUT2D eigenvalue weighted by atomic mass is 15.3. The summed E-state index contributed by atoms with van der Waals surface area (Å²) in [6.45, 7) is 11.7. The molecular formula is C14H30N2. The van der Waals surface area contributed by atoms with Gasteiger partial charge in [-0.2, -0.15) is 0 Å². The molecule has 0 aliphatic carbocycles. The van der Waals surface area contributed by atoms with Gasteiger partial charge in [0.1, 0.15) is 0 Å². The standard InChI is InChI=1S/C14H30N2/c1-13(2)9-8-10-14(3,4)16(13)12-7-5-6-11-15/h5-12,15H2,1-4H3. The van der Waals surface area contributed by atoms with E-state index in [1.807, 2.05) is 0 Å².